The van der Waals surface area contributed by atoms with Crippen molar-refractivity contribution in [2.75, 3.05) is 18.8 Å². The number of rotatable bonds is 5. The van der Waals surface area contributed by atoms with Crippen LogP contribution in [0.3, 0.4) is 0 Å². The number of carbonyl (C=O) groups excluding carboxylic acids is 1. The Bertz CT molecular complexity index is 727. The molecule has 0 radical (unpaired) electrons. The Balaban J connectivity index is 1.64. The van der Waals surface area contributed by atoms with E-state index >= 15 is 0 Å². The number of nitrogens with zero attached hydrogens (tertiary/aromatic N) is 4. The Kier molecular flexibility index (Phi) is 4.56. The molecule has 23 heavy (non-hydrogen) atoms. The van der Waals surface area contributed by atoms with Gasteiger partial charge in [0.25, 0.3) is 10.9 Å². The quantitative estimate of drug-likeness (QED) is 0.470. The third-order valence-electron chi connectivity index (χ3n) is 3.49. The molecule has 1 fully saturated rings. The van der Waals surface area contributed by atoms with Gasteiger partial charge in [0.1, 0.15) is 0 Å². The van der Waals surface area contributed by atoms with E-state index in [4.69, 9.17) is 4.42 Å². The molecule has 0 saturated carbocycles. The number of aromatic nitrogens is 2. The highest BCUT2D eigenvalue weighted by Crippen LogP contribution is 2.26. The van der Waals surface area contributed by atoms with Crippen LogP contribution in [0.2, 0.25) is 0 Å². The second kappa shape index (κ2) is 6.78. The van der Waals surface area contributed by atoms with Crippen molar-refractivity contribution >= 4 is 23.4 Å². The molecule has 0 aliphatic carbocycles. The zero-order chi connectivity index (χ0) is 16.2. The van der Waals surface area contributed by atoms with Crippen LogP contribution in [-0.2, 0) is 4.79 Å². The molecule has 3 rings (SSSR count). The maximum absolute atomic E-state index is 12.0. The van der Waals surface area contributed by atoms with Crippen molar-refractivity contribution in [3.05, 3.63) is 34.4 Å². The summed E-state index contributed by atoms with van der Waals surface area (Å²) in [4.78, 5) is 24.1. The minimum Gasteiger partial charge on any atom is -0.411 e. The molecule has 8 nitrogen and oxygen atoms in total. The normalized spacial score (nSPS) is 14.2. The van der Waals surface area contributed by atoms with Crippen molar-refractivity contribution in [2.45, 2.75) is 18.1 Å². The summed E-state index contributed by atoms with van der Waals surface area (Å²) in [6.07, 6.45) is 2.10. The molecular weight excluding hydrogens is 320 g/mol. The van der Waals surface area contributed by atoms with E-state index in [0.717, 1.165) is 25.9 Å². The number of carbonyl (C=O) groups is 1. The number of likely N-dealkylation sites (tertiary alicyclic amines) is 1. The lowest BCUT2D eigenvalue weighted by atomic mass is 10.2. The number of hydrogen-bond donors (Lipinski definition) is 0. The van der Waals surface area contributed by atoms with Gasteiger partial charge in [0, 0.05) is 30.8 Å². The molecule has 9 heteroatoms. The molecule has 1 amide bonds. The predicted octanol–water partition coefficient (Wildman–Crippen LogP) is 2.36. The first-order chi connectivity index (χ1) is 11.1. The highest BCUT2D eigenvalue weighted by Gasteiger charge is 2.19. The lowest BCUT2D eigenvalue weighted by molar-refractivity contribution is -0.384. The number of hydrogen-bond acceptors (Lipinski definition) is 7. The molecule has 0 atom stereocenters. The summed E-state index contributed by atoms with van der Waals surface area (Å²) in [5.41, 5.74) is 0.434. The Morgan fingerprint density at radius 1 is 1.35 bits per heavy atom. The van der Waals surface area contributed by atoms with E-state index in [0.29, 0.717) is 5.56 Å². The van der Waals surface area contributed by atoms with Crippen LogP contribution in [0, 0.1) is 10.1 Å². The standard InChI is InChI=1S/C14H14N4O4S/c19-12(17-6-1-2-7-17)9-23-14-16-15-13(22-14)10-4-3-5-11(8-10)18(20)21/h3-5,8H,1-2,6-7,9H2. The number of amides is 1. The summed E-state index contributed by atoms with van der Waals surface area (Å²) in [5.74, 6) is 0.503. The molecule has 0 spiro atoms. The fourth-order valence-corrected chi connectivity index (χ4v) is 2.98. The fourth-order valence-electron chi connectivity index (χ4n) is 2.32. The zero-order valence-electron chi connectivity index (χ0n) is 12.2. The van der Waals surface area contributed by atoms with E-state index in [2.05, 4.69) is 10.2 Å². The van der Waals surface area contributed by atoms with Crippen LogP contribution in [0.15, 0.2) is 33.9 Å². The van der Waals surface area contributed by atoms with Gasteiger partial charge in [-0.25, -0.2) is 0 Å². The molecule has 1 aromatic heterocycles. The van der Waals surface area contributed by atoms with Gasteiger partial charge in [0.05, 0.1) is 10.7 Å². The van der Waals surface area contributed by atoms with Crippen LogP contribution < -0.4 is 0 Å². The molecule has 1 aromatic carbocycles. The summed E-state index contributed by atoms with van der Waals surface area (Å²) in [5, 5.41) is 18.8. The first-order valence-corrected chi connectivity index (χ1v) is 8.11. The number of nitro groups is 1. The van der Waals surface area contributed by atoms with Crippen LogP contribution in [-0.4, -0.2) is 44.8 Å². The third-order valence-corrected chi connectivity index (χ3v) is 4.29. The van der Waals surface area contributed by atoms with Crippen LogP contribution in [0.1, 0.15) is 12.8 Å². The highest BCUT2D eigenvalue weighted by atomic mass is 32.2. The van der Waals surface area contributed by atoms with Gasteiger partial charge < -0.3 is 9.32 Å². The Morgan fingerprint density at radius 2 is 2.13 bits per heavy atom. The van der Waals surface area contributed by atoms with Crippen molar-refractivity contribution in [3.63, 3.8) is 0 Å². The molecule has 0 bridgehead atoms. The topological polar surface area (TPSA) is 102 Å². The second-order valence-electron chi connectivity index (χ2n) is 5.06. The highest BCUT2D eigenvalue weighted by molar-refractivity contribution is 7.99. The van der Waals surface area contributed by atoms with Gasteiger partial charge in [-0.05, 0) is 18.9 Å². The number of benzene rings is 1. The van der Waals surface area contributed by atoms with Gasteiger partial charge in [0.2, 0.25) is 11.8 Å². The van der Waals surface area contributed by atoms with E-state index in [1.165, 1.54) is 23.9 Å². The SMILES string of the molecule is O=C(CSc1nnc(-c2cccc([N+](=O)[O-])c2)o1)N1CCCC1. The van der Waals surface area contributed by atoms with E-state index in [1.807, 2.05) is 4.90 Å². The third kappa shape index (κ3) is 3.67. The van der Waals surface area contributed by atoms with Crippen LogP contribution in [0.25, 0.3) is 11.5 Å². The average molecular weight is 334 g/mol. The predicted molar refractivity (Wildman–Crippen MR) is 82.9 cm³/mol. The molecule has 2 aromatic rings. The van der Waals surface area contributed by atoms with E-state index < -0.39 is 4.92 Å². The van der Waals surface area contributed by atoms with Gasteiger partial charge in [-0.15, -0.1) is 10.2 Å². The van der Waals surface area contributed by atoms with Crippen molar-refractivity contribution < 1.29 is 14.1 Å². The summed E-state index contributed by atoms with van der Waals surface area (Å²) in [7, 11) is 0. The largest absolute Gasteiger partial charge is 0.411 e. The first-order valence-electron chi connectivity index (χ1n) is 7.12. The van der Waals surface area contributed by atoms with Gasteiger partial charge in [0.15, 0.2) is 0 Å². The maximum Gasteiger partial charge on any atom is 0.277 e. The smallest absolute Gasteiger partial charge is 0.277 e. The summed E-state index contributed by atoms with van der Waals surface area (Å²) in [6.45, 7) is 1.62. The Hall–Kier alpha value is -2.42. The van der Waals surface area contributed by atoms with Crippen molar-refractivity contribution in [2.24, 2.45) is 0 Å². The Morgan fingerprint density at radius 3 is 2.87 bits per heavy atom. The molecule has 0 N–H and O–H groups in total. The van der Waals surface area contributed by atoms with E-state index in [1.54, 1.807) is 12.1 Å². The minimum absolute atomic E-state index is 0.0425. The molecule has 1 aliphatic rings. The second-order valence-corrected chi connectivity index (χ2v) is 5.98. The van der Waals surface area contributed by atoms with Crippen LogP contribution >= 0.6 is 11.8 Å². The van der Waals surface area contributed by atoms with E-state index in [-0.39, 0.29) is 28.5 Å². The lowest BCUT2D eigenvalue weighted by Crippen LogP contribution is -2.29. The summed E-state index contributed by atoms with van der Waals surface area (Å²) in [6, 6.07) is 5.98. The maximum atomic E-state index is 12.0. The molecule has 1 saturated heterocycles. The van der Waals surface area contributed by atoms with Crippen LogP contribution in [0.4, 0.5) is 5.69 Å². The monoisotopic (exact) mass is 334 g/mol. The fraction of sp³-hybridized carbons (Fsp3) is 0.357. The van der Waals surface area contributed by atoms with Crippen molar-refractivity contribution in [3.8, 4) is 11.5 Å². The molecule has 1 aliphatic heterocycles. The Labute approximate surface area is 136 Å². The van der Waals surface area contributed by atoms with Gasteiger partial charge in [-0.2, -0.15) is 0 Å². The van der Waals surface area contributed by atoms with Gasteiger partial charge in [-0.1, -0.05) is 17.8 Å². The zero-order valence-corrected chi connectivity index (χ0v) is 13.0. The van der Waals surface area contributed by atoms with Crippen molar-refractivity contribution in [1.29, 1.82) is 0 Å². The number of thioether (sulfide) groups is 1. The van der Waals surface area contributed by atoms with Crippen molar-refractivity contribution in [1.82, 2.24) is 15.1 Å². The van der Waals surface area contributed by atoms with Gasteiger partial charge >= 0.3 is 0 Å². The summed E-state index contributed by atoms with van der Waals surface area (Å²) >= 11 is 1.18. The van der Waals surface area contributed by atoms with E-state index in [9.17, 15) is 14.9 Å². The molecule has 0 unspecified atom stereocenters. The number of nitro benzene ring substituents is 1. The lowest BCUT2D eigenvalue weighted by Gasteiger charge is -2.13. The summed E-state index contributed by atoms with van der Waals surface area (Å²) < 4.78 is 5.46. The minimum atomic E-state index is -0.482. The average Bonchev–Trinajstić information content (AvgIpc) is 3.24. The molecule has 120 valence electrons. The number of non-ortho nitro benzene ring substituents is 1. The van der Waals surface area contributed by atoms with Gasteiger partial charge in [-0.3, -0.25) is 14.9 Å². The van der Waals surface area contributed by atoms with Crippen LogP contribution in [0.5, 0.6) is 0 Å². The molecule has 2 heterocycles. The molecular formula is C14H14N4O4S. The first kappa shape index (κ1) is 15.5.